The fraction of sp³-hybridized carbons (Fsp3) is 0.235. The highest BCUT2D eigenvalue weighted by atomic mass is 15.1. The average molecular weight is 263 g/mol. The minimum absolute atomic E-state index is 0.883. The third-order valence-electron chi connectivity index (χ3n) is 4.06. The maximum absolute atomic E-state index is 4.73. The maximum atomic E-state index is 4.73. The minimum atomic E-state index is 0.883. The highest BCUT2D eigenvalue weighted by Crippen LogP contribution is 2.27. The second kappa shape index (κ2) is 4.46. The molecule has 2 heterocycles. The van der Waals surface area contributed by atoms with E-state index in [1.807, 2.05) is 0 Å². The molecule has 20 heavy (non-hydrogen) atoms. The summed E-state index contributed by atoms with van der Waals surface area (Å²) < 4.78 is 2.33. The Labute approximate surface area is 118 Å². The van der Waals surface area contributed by atoms with E-state index >= 15 is 0 Å². The Morgan fingerprint density at radius 2 is 1.95 bits per heavy atom. The summed E-state index contributed by atoms with van der Waals surface area (Å²) >= 11 is 0. The molecule has 0 amide bonds. The Bertz CT molecular complexity index is 781. The van der Waals surface area contributed by atoms with Crippen molar-refractivity contribution in [3.63, 3.8) is 0 Å². The van der Waals surface area contributed by atoms with Gasteiger partial charge in [0.15, 0.2) is 0 Å². The van der Waals surface area contributed by atoms with E-state index < -0.39 is 0 Å². The zero-order chi connectivity index (χ0) is 13.5. The normalized spacial score (nSPS) is 14.4. The predicted octanol–water partition coefficient (Wildman–Crippen LogP) is 2.98. The van der Waals surface area contributed by atoms with Crippen molar-refractivity contribution >= 4 is 10.8 Å². The topological polar surface area (TPSA) is 29.9 Å². The van der Waals surface area contributed by atoms with Crippen LogP contribution in [-0.4, -0.2) is 16.1 Å². The molecule has 1 aliphatic rings. The molecule has 3 heteroatoms. The van der Waals surface area contributed by atoms with Gasteiger partial charge in [0.05, 0.1) is 11.4 Å². The molecule has 3 nitrogen and oxygen atoms in total. The highest BCUT2D eigenvalue weighted by molar-refractivity contribution is 5.90. The zero-order valence-electron chi connectivity index (χ0n) is 11.6. The van der Waals surface area contributed by atoms with Crippen molar-refractivity contribution in [2.24, 2.45) is 0 Å². The summed E-state index contributed by atoms with van der Waals surface area (Å²) in [5, 5.41) is 5.96. The highest BCUT2D eigenvalue weighted by Gasteiger charge is 2.19. The van der Waals surface area contributed by atoms with Crippen LogP contribution in [0.5, 0.6) is 0 Å². The third-order valence-corrected chi connectivity index (χ3v) is 4.06. The smallest absolute Gasteiger partial charge is 0.110 e. The van der Waals surface area contributed by atoms with Gasteiger partial charge in [0.25, 0.3) is 0 Å². The molecule has 1 N–H and O–H groups in total. The number of aromatic nitrogens is 2. The van der Waals surface area contributed by atoms with Crippen LogP contribution in [0.2, 0.25) is 0 Å². The molecule has 0 saturated heterocycles. The Kier molecular flexibility index (Phi) is 2.60. The molecule has 0 fully saturated rings. The van der Waals surface area contributed by atoms with Crippen LogP contribution < -0.4 is 5.32 Å². The van der Waals surface area contributed by atoms with Crippen molar-refractivity contribution in [2.75, 3.05) is 6.54 Å². The first-order valence-corrected chi connectivity index (χ1v) is 7.10. The number of benzene rings is 2. The van der Waals surface area contributed by atoms with Crippen molar-refractivity contribution in [3.05, 3.63) is 59.7 Å². The third kappa shape index (κ3) is 1.67. The van der Waals surface area contributed by atoms with Gasteiger partial charge in [0, 0.05) is 30.6 Å². The number of hydrogen-bond acceptors (Lipinski definition) is 2. The molecule has 100 valence electrons. The van der Waals surface area contributed by atoms with Crippen LogP contribution in [0.15, 0.2) is 42.5 Å². The number of nitrogens with one attached hydrogen (secondary N) is 1. The summed E-state index contributed by atoms with van der Waals surface area (Å²) in [6.07, 6.45) is 1.04. The number of fused-ring (bicyclic) bond motifs is 2. The Morgan fingerprint density at radius 1 is 1.10 bits per heavy atom. The molecule has 1 aromatic heterocycles. The van der Waals surface area contributed by atoms with Crippen molar-refractivity contribution in [1.82, 2.24) is 14.9 Å². The van der Waals surface area contributed by atoms with Crippen LogP contribution in [0.1, 0.15) is 17.2 Å². The molecule has 0 spiro atoms. The first-order chi connectivity index (χ1) is 9.84. The van der Waals surface area contributed by atoms with Crippen molar-refractivity contribution < 1.29 is 0 Å². The van der Waals surface area contributed by atoms with Crippen LogP contribution in [0.3, 0.4) is 0 Å². The van der Waals surface area contributed by atoms with Crippen LogP contribution >= 0.6 is 0 Å². The number of hydrogen-bond donors (Lipinski definition) is 1. The standard InChI is InChI=1S/C17H17N3/c1-12-19-15-11-18-10-9-17(15)20(12)16-8-4-6-13-5-2-3-7-14(13)16/h2-8,18H,9-11H2,1H3. The lowest BCUT2D eigenvalue weighted by molar-refractivity contribution is 0.620. The van der Waals surface area contributed by atoms with E-state index in [2.05, 4.69) is 59.3 Å². The van der Waals surface area contributed by atoms with Gasteiger partial charge in [0.2, 0.25) is 0 Å². The van der Waals surface area contributed by atoms with Gasteiger partial charge >= 0.3 is 0 Å². The lowest BCUT2D eigenvalue weighted by Gasteiger charge is -2.17. The van der Waals surface area contributed by atoms with E-state index in [1.54, 1.807) is 0 Å². The molecule has 0 bridgehead atoms. The van der Waals surface area contributed by atoms with E-state index in [9.17, 15) is 0 Å². The summed E-state index contributed by atoms with van der Waals surface area (Å²) in [5.41, 5.74) is 3.80. The molecule has 4 rings (SSSR count). The quantitative estimate of drug-likeness (QED) is 0.731. The number of nitrogens with zero attached hydrogens (tertiary/aromatic N) is 2. The number of rotatable bonds is 1. The summed E-state index contributed by atoms with van der Waals surface area (Å²) in [7, 11) is 0. The van der Waals surface area contributed by atoms with Gasteiger partial charge in [-0.3, -0.25) is 4.57 Å². The molecule has 0 radical (unpaired) electrons. The Hall–Kier alpha value is -2.13. The number of aryl methyl sites for hydroxylation is 1. The first-order valence-electron chi connectivity index (χ1n) is 7.10. The van der Waals surface area contributed by atoms with Gasteiger partial charge in [-0.25, -0.2) is 4.98 Å². The molecule has 0 saturated carbocycles. The van der Waals surface area contributed by atoms with E-state index in [1.165, 1.54) is 27.8 Å². The fourth-order valence-electron chi connectivity index (χ4n) is 3.17. The summed E-state index contributed by atoms with van der Waals surface area (Å²) in [4.78, 5) is 4.73. The lowest BCUT2D eigenvalue weighted by Crippen LogP contribution is -2.24. The molecular formula is C17H17N3. The second-order valence-corrected chi connectivity index (χ2v) is 5.31. The van der Waals surface area contributed by atoms with E-state index in [0.717, 1.165) is 25.3 Å². The van der Waals surface area contributed by atoms with E-state index in [0.29, 0.717) is 0 Å². The van der Waals surface area contributed by atoms with Gasteiger partial charge in [-0.2, -0.15) is 0 Å². The molecular weight excluding hydrogens is 246 g/mol. The lowest BCUT2D eigenvalue weighted by atomic mass is 10.1. The molecule has 0 atom stereocenters. The monoisotopic (exact) mass is 263 g/mol. The maximum Gasteiger partial charge on any atom is 0.110 e. The van der Waals surface area contributed by atoms with Crippen molar-refractivity contribution in [1.29, 1.82) is 0 Å². The molecule has 0 unspecified atom stereocenters. The average Bonchev–Trinajstić information content (AvgIpc) is 2.82. The molecule has 0 aliphatic carbocycles. The molecule has 1 aliphatic heterocycles. The fourth-order valence-corrected chi connectivity index (χ4v) is 3.17. The van der Waals surface area contributed by atoms with Gasteiger partial charge in [-0.1, -0.05) is 36.4 Å². The largest absolute Gasteiger partial charge is 0.311 e. The Morgan fingerprint density at radius 3 is 2.90 bits per heavy atom. The summed E-state index contributed by atoms with van der Waals surface area (Å²) in [5.74, 6) is 1.08. The minimum Gasteiger partial charge on any atom is -0.311 e. The number of imidazole rings is 1. The van der Waals surface area contributed by atoms with E-state index in [-0.39, 0.29) is 0 Å². The van der Waals surface area contributed by atoms with E-state index in [4.69, 9.17) is 4.98 Å². The van der Waals surface area contributed by atoms with Gasteiger partial charge in [-0.15, -0.1) is 0 Å². The van der Waals surface area contributed by atoms with Crippen LogP contribution in [0.4, 0.5) is 0 Å². The van der Waals surface area contributed by atoms with Crippen LogP contribution in [-0.2, 0) is 13.0 Å². The van der Waals surface area contributed by atoms with Gasteiger partial charge in [-0.05, 0) is 18.4 Å². The van der Waals surface area contributed by atoms with Crippen molar-refractivity contribution in [3.8, 4) is 5.69 Å². The van der Waals surface area contributed by atoms with Crippen LogP contribution in [0.25, 0.3) is 16.5 Å². The van der Waals surface area contributed by atoms with Gasteiger partial charge < -0.3 is 5.32 Å². The van der Waals surface area contributed by atoms with Gasteiger partial charge in [0.1, 0.15) is 5.82 Å². The van der Waals surface area contributed by atoms with Crippen LogP contribution in [0, 0.1) is 6.92 Å². The Balaban J connectivity index is 2.02. The zero-order valence-corrected chi connectivity index (χ0v) is 11.6. The SMILES string of the molecule is Cc1nc2c(n1-c1cccc3ccccc13)CCNC2. The predicted molar refractivity (Wildman–Crippen MR) is 81.2 cm³/mol. The molecule has 3 aromatic rings. The summed E-state index contributed by atoms with van der Waals surface area (Å²) in [6, 6.07) is 15.0. The molecule has 2 aromatic carbocycles. The van der Waals surface area contributed by atoms with Crippen molar-refractivity contribution in [2.45, 2.75) is 19.9 Å². The second-order valence-electron chi connectivity index (χ2n) is 5.31. The first kappa shape index (κ1) is 11.7. The summed E-state index contributed by atoms with van der Waals surface area (Å²) in [6.45, 7) is 4.01.